The first-order valence-corrected chi connectivity index (χ1v) is 6.37. The van der Waals surface area contributed by atoms with Crippen LogP contribution < -0.4 is 10.6 Å². The van der Waals surface area contributed by atoms with Crippen molar-refractivity contribution in [2.45, 2.75) is 32.2 Å². The minimum absolute atomic E-state index is 0.122. The van der Waals surface area contributed by atoms with E-state index in [4.69, 9.17) is 0 Å². The van der Waals surface area contributed by atoms with Crippen molar-refractivity contribution in [2.75, 3.05) is 17.7 Å². The zero-order valence-electron chi connectivity index (χ0n) is 10.8. The summed E-state index contributed by atoms with van der Waals surface area (Å²) in [5.74, 6) is 0.729. The molecule has 5 nitrogen and oxygen atoms in total. The van der Waals surface area contributed by atoms with Crippen LogP contribution in [0, 0.1) is 16.0 Å². The molecule has 2 atom stereocenters. The smallest absolute Gasteiger partial charge is 0.273 e. The molecule has 0 heterocycles. The van der Waals surface area contributed by atoms with Gasteiger partial charge in [0.25, 0.3) is 5.69 Å². The largest absolute Gasteiger partial charge is 0.388 e. The predicted molar refractivity (Wildman–Crippen MR) is 73.1 cm³/mol. The van der Waals surface area contributed by atoms with Crippen LogP contribution in [0.4, 0.5) is 17.1 Å². The second kappa shape index (κ2) is 5.25. The number of benzene rings is 1. The van der Waals surface area contributed by atoms with Gasteiger partial charge in [-0.2, -0.15) is 0 Å². The highest BCUT2D eigenvalue weighted by molar-refractivity contribution is 5.63. The van der Waals surface area contributed by atoms with Gasteiger partial charge in [0, 0.05) is 36.6 Å². The third kappa shape index (κ3) is 2.91. The second-order valence-corrected chi connectivity index (χ2v) is 4.81. The maximum Gasteiger partial charge on any atom is 0.273 e. The summed E-state index contributed by atoms with van der Waals surface area (Å²) in [6.45, 7) is 2.18. The normalized spacial score (nSPS) is 21.4. The van der Waals surface area contributed by atoms with E-state index < -0.39 is 0 Å². The van der Waals surface area contributed by atoms with Crippen molar-refractivity contribution in [3.05, 3.63) is 28.3 Å². The lowest BCUT2D eigenvalue weighted by molar-refractivity contribution is -0.384. The van der Waals surface area contributed by atoms with Crippen LogP contribution in [0.1, 0.15) is 26.2 Å². The van der Waals surface area contributed by atoms with Gasteiger partial charge in [0.15, 0.2) is 0 Å². The number of hydrogen-bond acceptors (Lipinski definition) is 4. The number of nitrogens with zero attached hydrogens (tertiary/aromatic N) is 1. The summed E-state index contributed by atoms with van der Waals surface area (Å²) in [7, 11) is 1.76. The Hall–Kier alpha value is -1.78. The topological polar surface area (TPSA) is 67.2 Å². The van der Waals surface area contributed by atoms with Crippen LogP contribution in [-0.2, 0) is 0 Å². The monoisotopic (exact) mass is 249 g/mol. The number of rotatable bonds is 6. The number of nitro groups is 1. The number of nitrogens with one attached hydrogen (secondary N) is 2. The van der Waals surface area contributed by atoms with Crippen molar-refractivity contribution >= 4 is 17.1 Å². The average Bonchev–Trinajstić information content (AvgIpc) is 3.07. The van der Waals surface area contributed by atoms with E-state index in [0.29, 0.717) is 6.04 Å². The van der Waals surface area contributed by atoms with Gasteiger partial charge in [-0.15, -0.1) is 0 Å². The molecular weight excluding hydrogens is 230 g/mol. The molecule has 2 unspecified atom stereocenters. The number of hydrogen-bond donors (Lipinski definition) is 2. The molecule has 1 aliphatic rings. The summed E-state index contributed by atoms with van der Waals surface area (Å²) in [5, 5.41) is 17.2. The van der Waals surface area contributed by atoms with Crippen LogP contribution in [0.15, 0.2) is 18.2 Å². The lowest BCUT2D eigenvalue weighted by atomic mass is 10.2. The third-order valence-corrected chi connectivity index (χ3v) is 3.35. The van der Waals surface area contributed by atoms with Crippen molar-refractivity contribution in [3.63, 3.8) is 0 Å². The Labute approximate surface area is 107 Å². The number of nitro benzene ring substituents is 1. The Morgan fingerprint density at radius 3 is 2.72 bits per heavy atom. The molecular formula is C13H19N3O2. The molecule has 2 rings (SSSR count). The first-order valence-electron chi connectivity index (χ1n) is 6.37. The van der Waals surface area contributed by atoms with E-state index in [1.54, 1.807) is 19.2 Å². The highest BCUT2D eigenvalue weighted by Gasteiger charge is 2.36. The Kier molecular flexibility index (Phi) is 3.69. The van der Waals surface area contributed by atoms with Gasteiger partial charge in [0.2, 0.25) is 0 Å². The average molecular weight is 249 g/mol. The number of anilines is 2. The second-order valence-electron chi connectivity index (χ2n) is 4.81. The van der Waals surface area contributed by atoms with E-state index in [9.17, 15) is 10.1 Å². The molecule has 0 bridgehead atoms. The molecule has 0 saturated heterocycles. The quantitative estimate of drug-likeness (QED) is 0.600. The van der Waals surface area contributed by atoms with Gasteiger partial charge >= 0.3 is 0 Å². The zero-order chi connectivity index (χ0) is 13.1. The molecule has 1 saturated carbocycles. The fraction of sp³-hybridized carbons (Fsp3) is 0.538. The Balaban J connectivity index is 2.08. The van der Waals surface area contributed by atoms with Gasteiger partial charge in [-0.05, 0) is 24.8 Å². The summed E-state index contributed by atoms with van der Waals surface area (Å²) in [4.78, 5) is 10.5. The summed E-state index contributed by atoms with van der Waals surface area (Å²) in [6.07, 6.45) is 3.59. The van der Waals surface area contributed by atoms with Gasteiger partial charge < -0.3 is 10.6 Å². The first kappa shape index (κ1) is 12.7. The molecule has 1 fully saturated rings. The Morgan fingerprint density at radius 1 is 1.39 bits per heavy atom. The van der Waals surface area contributed by atoms with Crippen molar-refractivity contribution in [1.82, 2.24) is 0 Å². The van der Waals surface area contributed by atoms with E-state index in [1.165, 1.54) is 19.3 Å². The van der Waals surface area contributed by atoms with E-state index in [2.05, 4.69) is 17.6 Å². The molecule has 98 valence electrons. The van der Waals surface area contributed by atoms with Crippen molar-refractivity contribution in [2.24, 2.45) is 5.92 Å². The lowest BCUT2D eigenvalue weighted by Crippen LogP contribution is -2.05. The third-order valence-electron chi connectivity index (χ3n) is 3.35. The van der Waals surface area contributed by atoms with Gasteiger partial charge in [-0.3, -0.25) is 10.1 Å². The molecule has 0 aromatic heterocycles. The molecule has 0 spiro atoms. The van der Waals surface area contributed by atoms with Crippen molar-refractivity contribution in [1.29, 1.82) is 0 Å². The molecule has 0 amide bonds. The van der Waals surface area contributed by atoms with E-state index >= 15 is 0 Å². The highest BCUT2D eigenvalue weighted by atomic mass is 16.6. The molecule has 18 heavy (non-hydrogen) atoms. The highest BCUT2D eigenvalue weighted by Crippen LogP contribution is 2.38. The fourth-order valence-corrected chi connectivity index (χ4v) is 2.27. The maximum absolute atomic E-state index is 10.8. The van der Waals surface area contributed by atoms with Gasteiger partial charge in [0.05, 0.1) is 4.92 Å². The van der Waals surface area contributed by atoms with E-state index in [-0.39, 0.29) is 10.6 Å². The van der Waals surface area contributed by atoms with Crippen LogP contribution in [0.25, 0.3) is 0 Å². The fourth-order valence-electron chi connectivity index (χ4n) is 2.27. The molecule has 0 aliphatic heterocycles. The minimum Gasteiger partial charge on any atom is -0.388 e. The zero-order valence-corrected chi connectivity index (χ0v) is 10.8. The van der Waals surface area contributed by atoms with Crippen molar-refractivity contribution in [3.8, 4) is 0 Å². The van der Waals surface area contributed by atoms with Crippen LogP contribution in [0.5, 0.6) is 0 Å². The van der Waals surface area contributed by atoms with Crippen molar-refractivity contribution < 1.29 is 4.92 Å². The summed E-state index contributed by atoms with van der Waals surface area (Å²) in [5.41, 5.74) is 1.72. The lowest BCUT2D eigenvalue weighted by Gasteiger charge is -2.08. The van der Waals surface area contributed by atoms with Gasteiger partial charge in [-0.25, -0.2) is 0 Å². The summed E-state index contributed by atoms with van der Waals surface area (Å²) in [6, 6.07) is 5.54. The van der Waals surface area contributed by atoms with Gasteiger partial charge in [-0.1, -0.05) is 13.3 Å². The standard InChI is InChI=1S/C13H19N3O2/c1-3-4-9-5-13(9)15-11-6-10(14-2)7-12(8-11)16(17)18/h6-9,13-15H,3-5H2,1-2H3. The molecule has 5 heteroatoms. The maximum atomic E-state index is 10.8. The number of non-ortho nitro benzene ring substituents is 1. The molecule has 1 aromatic rings. The van der Waals surface area contributed by atoms with Crippen LogP contribution in [0.3, 0.4) is 0 Å². The SMILES string of the molecule is CCCC1CC1Nc1cc(NC)cc([N+](=O)[O-])c1. The van der Waals surface area contributed by atoms with E-state index in [1.807, 2.05) is 6.07 Å². The van der Waals surface area contributed by atoms with Crippen LogP contribution >= 0.6 is 0 Å². The molecule has 1 aliphatic carbocycles. The molecule has 0 radical (unpaired) electrons. The van der Waals surface area contributed by atoms with Crippen LogP contribution in [0.2, 0.25) is 0 Å². The van der Waals surface area contributed by atoms with Crippen LogP contribution in [-0.4, -0.2) is 18.0 Å². The summed E-state index contributed by atoms with van der Waals surface area (Å²) < 4.78 is 0. The van der Waals surface area contributed by atoms with Gasteiger partial charge in [0.1, 0.15) is 0 Å². The van der Waals surface area contributed by atoms with E-state index in [0.717, 1.165) is 17.3 Å². The molecule has 2 N–H and O–H groups in total. The predicted octanol–water partition coefficient (Wildman–Crippen LogP) is 3.24. The molecule has 1 aromatic carbocycles. The minimum atomic E-state index is -0.359. The Morgan fingerprint density at radius 2 is 2.11 bits per heavy atom. The summed E-state index contributed by atoms with van der Waals surface area (Å²) >= 11 is 0. The Bertz CT molecular complexity index is 448. The first-order chi connectivity index (χ1) is 8.63.